The zero-order valence-corrected chi connectivity index (χ0v) is 13.8. The Morgan fingerprint density at radius 2 is 1.95 bits per heavy atom. The molecular formula is C17H26O2S. The van der Waals surface area contributed by atoms with Crippen molar-refractivity contribution in [3.8, 4) is 0 Å². The molecule has 1 aromatic rings. The van der Waals surface area contributed by atoms with E-state index in [9.17, 15) is 0 Å². The van der Waals surface area contributed by atoms with Crippen molar-refractivity contribution >= 4 is 11.8 Å². The summed E-state index contributed by atoms with van der Waals surface area (Å²) in [5, 5.41) is 0. The van der Waals surface area contributed by atoms with E-state index >= 15 is 0 Å². The van der Waals surface area contributed by atoms with Crippen molar-refractivity contribution in [3.63, 3.8) is 0 Å². The molecule has 2 atom stereocenters. The number of ether oxygens (including phenoxy) is 2. The normalized spacial score (nSPS) is 15.6. The molecule has 0 saturated carbocycles. The van der Waals surface area contributed by atoms with Gasteiger partial charge in [-0.25, -0.2) is 0 Å². The molecule has 112 valence electrons. The molecule has 0 amide bonds. The van der Waals surface area contributed by atoms with Crippen LogP contribution in [0.5, 0.6) is 0 Å². The largest absolute Gasteiger partial charge is 0.381 e. The van der Waals surface area contributed by atoms with Gasteiger partial charge in [0.1, 0.15) is 0 Å². The van der Waals surface area contributed by atoms with E-state index in [1.165, 1.54) is 10.5 Å². The Hall–Kier alpha value is -0.770. The Morgan fingerprint density at radius 3 is 2.45 bits per heavy atom. The molecule has 20 heavy (non-hydrogen) atoms. The maximum absolute atomic E-state index is 5.73. The molecule has 0 saturated heterocycles. The molecule has 1 rings (SSSR count). The van der Waals surface area contributed by atoms with E-state index in [2.05, 4.69) is 44.7 Å². The number of thioether (sulfide) groups is 1. The van der Waals surface area contributed by atoms with E-state index < -0.39 is 0 Å². The first-order valence-corrected chi connectivity index (χ1v) is 7.90. The molecule has 3 heteroatoms. The molecule has 0 fully saturated rings. The second-order valence-corrected chi connectivity index (χ2v) is 6.39. The predicted molar refractivity (Wildman–Crippen MR) is 87.5 cm³/mol. The number of hydrogen-bond donors (Lipinski definition) is 0. The maximum Gasteiger partial charge on any atom is 0.0769 e. The Bertz CT molecular complexity index is 402. The summed E-state index contributed by atoms with van der Waals surface area (Å²) in [6, 6.07) is 8.60. The summed E-state index contributed by atoms with van der Waals surface area (Å²) in [5.41, 5.74) is 1.09. The van der Waals surface area contributed by atoms with Crippen molar-refractivity contribution in [3.05, 3.63) is 42.5 Å². The van der Waals surface area contributed by atoms with Gasteiger partial charge in [0.15, 0.2) is 0 Å². The summed E-state index contributed by atoms with van der Waals surface area (Å²) in [6.45, 7) is 8.03. The van der Waals surface area contributed by atoms with Crippen LogP contribution in [0.3, 0.4) is 0 Å². The van der Waals surface area contributed by atoms with Crippen LogP contribution in [0.1, 0.15) is 25.3 Å². The van der Waals surface area contributed by atoms with E-state index in [1.54, 1.807) is 14.2 Å². The standard InChI is InChI=1S/C17H26O2S/c1-6-7-15(18-4)12-17(3,19-5)13-20-16-10-8-14(2)9-11-16/h6,8-11,15H,1,7,12-13H2,2-5H3. The molecule has 0 aliphatic heterocycles. The quantitative estimate of drug-likeness (QED) is 0.494. The highest BCUT2D eigenvalue weighted by molar-refractivity contribution is 7.99. The van der Waals surface area contributed by atoms with E-state index in [0.717, 1.165) is 18.6 Å². The van der Waals surface area contributed by atoms with Crippen LogP contribution in [0.4, 0.5) is 0 Å². The molecule has 0 bridgehead atoms. The van der Waals surface area contributed by atoms with Gasteiger partial charge >= 0.3 is 0 Å². The molecular weight excluding hydrogens is 268 g/mol. The summed E-state index contributed by atoms with van der Waals surface area (Å²) >= 11 is 1.82. The Morgan fingerprint density at radius 1 is 1.30 bits per heavy atom. The van der Waals surface area contributed by atoms with E-state index in [4.69, 9.17) is 9.47 Å². The first kappa shape index (κ1) is 17.3. The van der Waals surface area contributed by atoms with Gasteiger partial charge in [-0.3, -0.25) is 0 Å². The molecule has 2 nitrogen and oxygen atoms in total. The lowest BCUT2D eigenvalue weighted by Crippen LogP contribution is -2.35. The number of methoxy groups -OCH3 is 2. The summed E-state index contributed by atoms with van der Waals surface area (Å²) in [7, 11) is 3.52. The minimum Gasteiger partial charge on any atom is -0.381 e. The first-order valence-electron chi connectivity index (χ1n) is 6.91. The Labute approximate surface area is 127 Å². The highest BCUT2D eigenvalue weighted by atomic mass is 32.2. The van der Waals surface area contributed by atoms with E-state index in [0.29, 0.717) is 0 Å². The smallest absolute Gasteiger partial charge is 0.0769 e. The average molecular weight is 294 g/mol. The van der Waals surface area contributed by atoms with Crippen molar-refractivity contribution in [1.29, 1.82) is 0 Å². The average Bonchev–Trinajstić information content (AvgIpc) is 2.46. The van der Waals surface area contributed by atoms with Crippen LogP contribution in [0.25, 0.3) is 0 Å². The van der Waals surface area contributed by atoms with Gasteiger partial charge in [-0.15, -0.1) is 18.3 Å². The van der Waals surface area contributed by atoms with Gasteiger partial charge in [-0.05, 0) is 32.4 Å². The van der Waals surface area contributed by atoms with Crippen molar-refractivity contribution < 1.29 is 9.47 Å². The lowest BCUT2D eigenvalue weighted by atomic mass is 9.98. The van der Waals surface area contributed by atoms with E-state index in [1.807, 2.05) is 17.8 Å². The molecule has 1 aromatic carbocycles. The summed E-state index contributed by atoms with van der Waals surface area (Å²) in [5.74, 6) is 0.906. The number of rotatable bonds is 9. The lowest BCUT2D eigenvalue weighted by Gasteiger charge is -2.31. The Balaban J connectivity index is 2.59. The third kappa shape index (κ3) is 5.70. The fraction of sp³-hybridized carbons (Fsp3) is 0.529. The van der Waals surface area contributed by atoms with Crippen LogP contribution in [-0.4, -0.2) is 31.7 Å². The van der Waals surface area contributed by atoms with Gasteiger partial charge in [0, 0.05) is 31.3 Å². The summed E-state index contributed by atoms with van der Waals surface area (Å²) < 4.78 is 11.2. The molecule has 2 unspecified atom stereocenters. The second kappa shape index (κ2) is 8.50. The predicted octanol–water partition coefficient (Wildman–Crippen LogP) is 4.47. The highest BCUT2D eigenvalue weighted by Gasteiger charge is 2.27. The molecule has 0 radical (unpaired) electrons. The molecule has 0 aliphatic carbocycles. The fourth-order valence-corrected chi connectivity index (χ4v) is 3.04. The number of hydrogen-bond acceptors (Lipinski definition) is 3. The van der Waals surface area contributed by atoms with Crippen molar-refractivity contribution in [2.75, 3.05) is 20.0 Å². The van der Waals surface area contributed by atoms with Crippen LogP contribution in [0.15, 0.2) is 41.8 Å². The third-order valence-electron chi connectivity index (χ3n) is 3.48. The van der Waals surface area contributed by atoms with Crippen LogP contribution in [-0.2, 0) is 9.47 Å². The molecule has 0 aromatic heterocycles. The first-order chi connectivity index (χ1) is 9.53. The third-order valence-corrected chi connectivity index (χ3v) is 4.84. The molecule has 0 spiro atoms. The van der Waals surface area contributed by atoms with Gasteiger partial charge in [-0.1, -0.05) is 23.8 Å². The van der Waals surface area contributed by atoms with Gasteiger partial charge in [0.25, 0.3) is 0 Å². The maximum atomic E-state index is 5.73. The van der Waals surface area contributed by atoms with Crippen molar-refractivity contribution in [2.45, 2.75) is 43.3 Å². The minimum absolute atomic E-state index is 0.163. The molecule has 0 heterocycles. The van der Waals surface area contributed by atoms with E-state index in [-0.39, 0.29) is 11.7 Å². The monoisotopic (exact) mass is 294 g/mol. The lowest BCUT2D eigenvalue weighted by molar-refractivity contribution is -0.0271. The van der Waals surface area contributed by atoms with Gasteiger partial charge in [0.05, 0.1) is 11.7 Å². The van der Waals surface area contributed by atoms with Gasteiger partial charge < -0.3 is 9.47 Å². The molecule has 0 aliphatic rings. The van der Waals surface area contributed by atoms with Gasteiger partial charge in [-0.2, -0.15) is 0 Å². The highest BCUT2D eigenvalue weighted by Crippen LogP contribution is 2.29. The number of aryl methyl sites for hydroxylation is 1. The minimum atomic E-state index is -0.195. The topological polar surface area (TPSA) is 18.5 Å². The van der Waals surface area contributed by atoms with Crippen LogP contribution in [0, 0.1) is 6.92 Å². The second-order valence-electron chi connectivity index (χ2n) is 5.34. The van der Waals surface area contributed by atoms with Crippen LogP contribution >= 0.6 is 11.8 Å². The van der Waals surface area contributed by atoms with Crippen molar-refractivity contribution in [2.24, 2.45) is 0 Å². The number of benzene rings is 1. The SMILES string of the molecule is C=CCC(CC(C)(CSc1ccc(C)cc1)OC)OC. The zero-order valence-electron chi connectivity index (χ0n) is 13.0. The van der Waals surface area contributed by atoms with Crippen LogP contribution in [0.2, 0.25) is 0 Å². The van der Waals surface area contributed by atoms with Crippen molar-refractivity contribution in [1.82, 2.24) is 0 Å². The summed E-state index contributed by atoms with van der Waals surface area (Å²) in [4.78, 5) is 1.27. The van der Waals surface area contributed by atoms with Crippen LogP contribution < -0.4 is 0 Å². The Kier molecular flexibility index (Phi) is 7.35. The fourth-order valence-electron chi connectivity index (χ4n) is 2.00. The summed E-state index contributed by atoms with van der Waals surface area (Å²) in [6.07, 6.45) is 3.78. The molecule has 0 N–H and O–H groups in total. The zero-order chi connectivity index (χ0) is 15.0. The van der Waals surface area contributed by atoms with Gasteiger partial charge in [0.2, 0.25) is 0 Å².